The van der Waals surface area contributed by atoms with E-state index in [1.54, 1.807) is 5.51 Å². The molecule has 0 unspecified atom stereocenters. The Morgan fingerprint density at radius 1 is 1.47 bits per heavy atom. The molecule has 0 aliphatic carbocycles. The van der Waals surface area contributed by atoms with Crippen molar-refractivity contribution in [2.75, 3.05) is 5.32 Å². The maximum Gasteiger partial charge on any atom is 0.205 e. The number of aromatic nitrogens is 3. The third-order valence-electron chi connectivity index (χ3n) is 2.13. The normalized spacial score (nSPS) is 10.2. The van der Waals surface area contributed by atoms with E-state index in [-0.39, 0.29) is 0 Å². The number of hydrogen-bond donors (Lipinski definition) is 1. The second-order valence-electron chi connectivity index (χ2n) is 3.06. The van der Waals surface area contributed by atoms with Gasteiger partial charge in [0.1, 0.15) is 5.51 Å². The topological polar surface area (TPSA) is 50.7 Å². The van der Waals surface area contributed by atoms with Gasteiger partial charge in [-0.15, -0.1) is 10.2 Å². The van der Waals surface area contributed by atoms with Crippen molar-refractivity contribution in [3.8, 4) is 0 Å². The van der Waals surface area contributed by atoms with Crippen LogP contribution in [0.1, 0.15) is 18.2 Å². The SMILES string of the molecule is CCc1cccnc1CNc1nncs1. The monoisotopic (exact) mass is 220 g/mol. The zero-order valence-corrected chi connectivity index (χ0v) is 9.29. The summed E-state index contributed by atoms with van der Waals surface area (Å²) in [4.78, 5) is 4.34. The Balaban J connectivity index is 2.04. The van der Waals surface area contributed by atoms with Gasteiger partial charge < -0.3 is 5.32 Å². The number of hydrogen-bond acceptors (Lipinski definition) is 5. The Hall–Kier alpha value is -1.49. The van der Waals surface area contributed by atoms with Gasteiger partial charge in [-0.05, 0) is 18.1 Å². The summed E-state index contributed by atoms with van der Waals surface area (Å²) in [7, 11) is 0. The summed E-state index contributed by atoms with van der Waals surface area (Å²) in [6, 6.07) is 4.07. The first kappa shape index (κ1) is 10.0. The fourth-order valence-electron chi connectivity index (χ4n) is 1.36. The second kappa shape index (κ2) is 4.84. The lowest BCUT2D eigenvalue weighted by Crippen LogP contribution is -2.04. The largest absolute Gasteiger partial charge is 0.354 e. The maximum atomic E-state index is 4.34. The molecule has 4 nitrogen and oxygen atoms in total. The van der Waals surface area contributed by atoms with E-state index in [2.05, 4.69) is 33.5 Å². The molecule has 0 aliphatic heterocycles. The van der Waals surface area contributed by atoms with Crippen LogP contribution in [0.15, 0.2) is 23.8 Å². The van der Waals surface area contributed by atoms with Gasteiger partial charge in [-0.3, -0.25) is 4.98 Å². The van der Waals surface area contributed by atoms with Gasteiger partial charge in [-0.25, -0.2) is 0 Å². The predicted molar refractivity (Wildman–Crippen MR) is 60.9 cm³/mol. The number of pyridine rings is 1. The van der Waals surface area contributed by atoms with E-state index in [1.807, 2.05) is 12.3 Å². The van der Waals surface area contributed by atoms with Crippen molar-refractivity contribution in [3.63, 3.8) is 0 Å². The fourth-order valence-corrected chi connectivity index (χ4v) is 1.81. The summed E-state index contributed by atoms with van der Waals surface area (Å²) in [5.74, 6) is 0. The summed E-state index contributed by atoms with van der Waals surface area (Å²) in [6.07, 6.45) is 2.82. The highest BCUT2D eigenvalue weighted by atomic mass is 32.1. The Kier molecular flexibility index (Phi) is 3.24. The van der Waals surface area contributed by atoms with E-state index >= 15 is 0 Å². The van der Waals surface area contributed by atoms with Crippen molar-refractivity contribution in [2.45, 2.75) is 19.9 Å². The van der Waals surface area contributed by atoms with E-state index < -0.39 is 0 Å². The minimum absolute atomic E-state index is 0.708. The first-order valence-corrected chi connectivity index (χ1v) is 5.71. The standard InChI is InChI=1S/C10H12N4S/c1-2-8-4-3-5-11-9(8)6-12-10-14-13-7-15-10/h3-5,7H,2,6H2,1H3,(H,12,14). The van der Waals surface area contributed by atoms with Crippen LogP contribution >= 0.6 is 11.3 Å². The molecule has 78 valence electrons. The van der Waals surface area contributed by atoms with Gasteiger partial charge in [0.15, 0.2) is 0 Å². The summed E-state index contributed by atoms with van der Waals surface area (Å²) >= 11 is 1.49. The lowest BCUT2D eigenvalue weighted by atomic mass is 10.1. The minimum atomic E-state index is 0.708. The molecule has 0 radical (unpaired) electrons. The Bertz CT molecular complexity index is 413. The highest BCUT2D eigenvalue weighted by Gasteiger charge is 2.02. The van der Waals surface area contributed by atoms with E-state index in [0.717, 1.165) is 17.2 Å². The van der Waals surface area contributed by atoms with Crippen LogP contribution in [0.4, 0.5) is 5.13 Å². The van der Waals surface area contributed by atoms with E-state index in [4.69, 9.17) is 0 Å². The molecule has 0 saturated carbocycles. The van der Waals surface area contributed by atoms with Gasteiger partial charge in [0.05, 0.1) is 12.2 Å². The molecule has 2 aromatic heterocycles. The van der Waals surface area contributed by atoms with Gasteiger partial charge in [-0.1, -0.05) is 24.3 Å². The molecule has 0 amide bonds. The molecule has 5 heteroatoms. The molecule has 0 aliphatic rings. The summed E-state index contributed by atoms with van der Waals surface area (Å²) in [5.41, 5.74) is 4.06. The van der Waals surface area contributed by atoms with Gasteiger partial charge >= 0.3 is 0 Å². The number of nitrogens with zero attached hydrogens (tertiary/aromatic N) is 3. The van der Waals surface area contributed by atoms with Crippen LogP contribution in [-0.4, -0.2) is 15.2 Å². The highest BCUT2D eigenvalue weighted by molar-refractivity contribution is 7.13. The molecule has 2 heterocycles. The Morgan fingerprint density at radius 2 is 2.40 bits per heavy atom. The summed E-state index contributed by atoms with van der Waals surface area (Å²) < 4.78 is 0. The summed E-state index contributed by atoms with van der Waals surface area (Å²) in [5, 5.41) is 11.7. The molecule has 1 N–H and O–H groups in total. The Labute approximate surface area is 92.4 Å². The van der Waals surface area contributed by atoms with Crippen molar-refractivity contribution in [1.29, 1.82) is 0 Å². The first-order valence-electron chi connectivity index (χ1n) is 4.83. The predicted octanol–water partition coefficient (Wildman–Crippen LogP) is 2.11. The van der Waals surface area contributed by atoms with Crippen LogP contribution in [-0.2, 0) is 13.0 Å². The number of nitrogens with one attached hydrogen (secondary N) is 1. The van der Waals surface area contributed by atoms with Crippen molar-refractivity contribution in [1.82, 2.24) is 15.2 Å². The van der Waals surface area contributed by atoms with Crippen LogP contribution < -0.4 is 5.32 Å². The quantitative estimate of drug-likeness (QED) is 0.857. The molecule has 0 fully saturated rings. The molecular formula is C10H12N4S. The molecule has 2 aromatic rings. The molecular weight excluding hydrogens is 208 g/mol. The van der Waals surface area contributed by atoms with Gasteiger partial charge in [0, 0.05) is 6.20 Å². The zero-order chi connectivity index (χ0) is 10.5. The average molecular weight is 220 g/mol. The lowest BCUT2D eigenvalue weighted by Gasteiger charge is -2.06. The first-order chi connectivity index (χ1) is 7.40. The van der Waals surface area contributed by atoms with Crippen molar-refractivity contribution in [3.05, 3.63) is 35.1 Å². The molecule has 0 atom stereocenters. The van der Waals surface area contributed by atoms with E-state index in [9.17, 15) is 0 Å². The highest BCUT2D eigenvalue weighted by Crippen LogP contribution is 2.12. The van der Waals surface area contributed by atoms with Crippen molar-refractivity contribution in [2.24, 2.45) is 0 Å². The van der Waals surface area contributed by atoms with Crippen LogP contribution in [0, 0.1) is 0 Å². The fraction of sp³-hybridized carbons (Fsp3) is 0.300. The van der Waals surface area contributed by atoms with Gasteiger partial charge in [-0.2, -0.15) is 0 Å². The molecule has 0 bridgehead atoms. The second-order valence-corrected chi connectivity index (χ2v) is 3.89. The zero-order valence-electron chi connectivity index (χ0n) is 8.47. The van der Waals surface area contributed by atoms with E-state index in [1.165, 1.54) is 16.9 Å². The third kappa shape index (κ3) is 2.50. The van der Waals surface area contributed by atoms with Crippen LogP contribution in [0.25, 0.3) is 0 Å². The van der Waals surface area contributed by atoms with Gasteiger partial charge in [0.25, 0.3) is 0 Å². The average Bonchev–Trinajstić information content (AvgIpc) is 2.79. The van der Waals surface area contributed by atoms with Gasteiger partial charge in [0.2, 0.25) is 5.13 Å². The third-order valence-corrected chi connectivity index (χ3v) is 2.78. The minimum Gasteiger partial charge on any atom is -0.354 e. The molecule has 0 aromatic carbocycles. The molecule has 2 rings (SSSR count). The molecule has 15 heavy (non-hydrogen) atoms. The summed E-state index contributed by atoms with van der Waals surface area (Å²) in [6.45, 7) is 2.84. The van der Waals surface area contributed by atoms with Crippen molar-refractivity contribution < 1.29 is 0 Å². The van der Waals surface area contributed by atoms with Crippen LogP contribution in [0.2, 0.25) is 0 Å². The number of aryl methyl sites for hydroxylation is 1. The number of rotatable bonds is 4. The Morgan fingerprint density at radius 3 is 3.13 bits per heavy atom. The lowest BCUT2D eigenvalue weighted by molar-refractivity contribution is 0.960. The molecule has 0 saturated heterocycles. The maximum absolute atomic E-state index is 4.34. The smallest absolute Gasteiger partial charge is 0.205 e. The van der Waals surface area contributed by atoms with Crippen molar-refractivity contribution >= 4 is 16.5 Å². The number of anilines is 1. The van der Waals surface area contributed by atoms with E-state index in [0.29, 0.717) is 6.54 Å². The van der Waals surface area contributed by atoms with Crippen LogP contribution in [0.5, 0.6) is 0 Å². The van der Waals surface area contributed by atoms with Crippen LogP contribution in [0.3, 0.4) is 0 Å². The molecule has 0 spiro atoms.